The van der Waals surface area contributed by atoms with Gasteiger partial charge in [-0.15, -0.1) is 0 Å². The maximum Gasteiger partial charge on any atom is 0.243 e. The van der Waals surface area contributed by atoms with Gasteiger partial charge in [0.05, 0.1) is 11.9 Å². The highest BCUT2D eigenvalue weighted by Gasteiger charge is 2.30. The van der Waals surface area contributed by atoms with Crippen LogP contribution in [0.2, 0.25) is 0 Å². The third-order valence-electron chi connectivity index (χ3n) is 6.16. The molecule has 3 rings (SSSR count). The molecule has 1 heterocycles. The van der Waals surface area contributed by atoms with Crippen molar-refractivity contribution >= 4 is 27.5 Å². The summed E-state index contributed by atoms with van der Waals surface area (Å²) in [7, 11) is -3.61. The van der Waals surface area contributed by atoms with E-state index in [1.807, 2.05) is 58.0 Å². The third kappa shape index (κ3) is 8.11. The topological polar surface area (TPSA) is 105 Å². The average Bonchev–Trinajstić information content (AvgIpc) is 3.31. The van der Waals surface area contributed by atoms with Crippen LogP contribution in [0.3, 0.4) is 0 Å². The molecule has 1 aliphatic rings. The van der Waals surface area contributed by atoms with Crippen LogP contribution >= 0.6 is 0 Å². The Morgan fingerprint density at radius 2 is 1.71 bits per heavy atom. The predicted molar refractivity (Wildman–Crippen MR) is 148 cm³/mol. The number of nitrogens with zero attached hydrogens (tertiary/aromatic N) is 2. The number of sulfonamides is 1. The Kier molecular flexibility index (Phi) is 9.65. The first-order valence-corrected chi connectivity index (χ1v) is 14.8. The molecule has 1 unspecified atom stereocenters. The molecule has 38 heavy (non-hydrogen) atoms. The van der Waals surface area contributed by atoms with Gasteiger partial charge in [0.15, 0.2) is 11.5 Å². The molecule has 1 N–H and O–H groups in total. The Morgan fingerprint density at radius 3 is 2.34 bits per heavy atom. The summed E-state index contributed by atoms with van der Waals surface area (Å²) in [4.78, 5) is 28.3. The number of carbonyl (C=O) groups is 2. The predicted octanol–water partition coefficient (Wildman–Crippen LogP) is 3.73. The van der Waals surface area contributed by atoms with Crippen molar-refractivity contribution in [3.63, 3.8) is 0 Å². The summed E-state index contributed by atoms with van der Waals surface area (Å²) in [6.45, 7) is 8.20. The van der Waals surface area contributed by atoms with Gasteiger partial charge in [-0.3, -0.25) is 13.9 Å². The molecule has 0 saturated heterocycles. The Hall–Kier alpha value is -3.27. The molecule has 0 aromatic heterocycles. The molecule has 9 nitrogen and oxygen atoms in total. The lowest BCUT2D eigenvalue weighted by Gasteiger charge is -2.33. The largest absolute Gasteiger partial charge is 0.454 e. The summed E-state index contributed by atoms with van der Waals surface area (Å²) in [6.07, 6.45) is 2.60. The summed E-state index contributed by atoms with van der Waals surface area (Å²) in [5.41, 5.74) is 1.09. The first-order chi connectivity index (χ1) is 17.9. The van der Waals surface area contributed by atoms with Crippen LogP contribution in [-0.4, -0.2) is 62.9 Å². The minimum atomic E-state index is -3.61. The van der Waals surface area contributed by atoms with E-state index in [2.05, 4.69) is 5.32 Å². The Morgan fingerprint density at radius 1 is 1.03 bits per heavy atom. The van der Waals surface area contributed by atoms with Gasteiger partial charge in [0.1, 0.15) is 6.04 Å². The Bertz CT molecular complexity index is 1210. The van der Waals surface area contributed by atoms with Crippen LogP contribution in [0.5, 0.6) is 11.5 Å². The highest BCUT2D eigenvalue weighted by atomic mass is 32.2. The van der Waals surface area contributed by atoms with E-state index in [4.69, 9.17) is 9.47 Å². The highest BCUT2D eigenvalue weighted by Crippen LogP contribution is 2.36. The van der Waals surface area contributed by atoms with Crippen LogP contribution in [0.1, 0.15) is 52.5 Å². The van der Waals surface area contributed by atoms with E-state index in [0.717, 1.165) is 11.8 Å². The first kappa shape index (κ1) is 29.3. The number of carbonyl (C=O) groups excluding carboxylic acids is 2. The van der Waals surface area contributed by atoms with E-state index in [9.17, 15) is 18.0 Å². The van der Waals surface area contributed by atoms with Crippen LogP contribution in [0.4, 0.5) is 5.69 Å². The molecular weight excluding hydrogens is 506 g/mol. The lowest BCUT2D eigenvalue weighted by Crippen LogP contribution is -2.54. The molecule has 0 saturated carbocycles. The van der Waals surface area contributed by atoms with Crippen molar-refractivity contribution in [1.29, 1.82) is 0 Å². The zero-order chi connectivity index (χ0) is 27.9. The van der Waals surface area contributed by atoms with E-state index < -0.39 is 21.6 Å². The van der Waals surface area contributed by atoms with Crippen LogP contribution in [0, 0.1) is 0 Å². The van der Waals surface area contributed by atoms with Gasteiger partial charge >= 0.3 is 0 Å². The second-order valence-electron chi connectivity index (χ2n) is 10.5. The number of benzene rings is 2. The fourth-order valence-electron chi connectivity index (χ4n) is 4.39. The number of nitrogens with one attached hydrogen (secondary N) is 1. The second kappa shape index (κ2) is 12.5. The number of fused-ring (bicyclic) bond motifs is 1. The molecule has 0 radical (unpaired) electrons. The van der Waals surface area contributed by atoms with Gasteiger partial charge < -0.3 is 19.7 Å². The molecule has 0 aliphatic carbocycles. The summed E-state index contributed by atoms with van der Waals surface area (Å²) >= 11 is 0. The van der Waals surface area contributed by atoms with Crippen LogP contribution in [0.15, 0.2) is 48.5 Å². The number of ether oxygens (including phenoxy) is 2. The molecule has 1 atom stereocenters. The zero-order valence-corrected chi connectivity index (χ0v) is 23.7. The van der Waals surface area contributed by atoms with Crippen LogP contribution in [0.25, 0.3) is 0 Å². The number of hydrogen-bond donors (Lipinski definition) is 1. The molecule has 0 bridgehead atoms. The molecule has 2 aromatic carbocycles. The lowest BCUT2D eigenvalue weighted by molar-refractivity contribution is -0.141. The first-order valence-electron chi connectivity index (χ1n) is 12.9. The molecule has 2 amide bonds. The SMILES string of the molecule is CCC(C(=O)NC(C)(C)C)N(CCc1ccccc1)C(=O)CCCN(c1ccc2c(c1)OCO2)S(C)(=O)=O. The number of anilines is 1. The van der Waals surface area contributed by atoms with E-state index in [1.165, 1.54) is 4.31 Å². The monoisotopic (exact) mass is 545 g/mol. The average molecular weight is 546 g/mol. The van der Waals surface area contributed by atoms with Crippen molar-refractivity contribution in [2.45, 2.75) is 65.0 Å². The molecule has 208 valence electrons. The summed E-state index contributed by atoms with van der Waals surface area (Å²) in [5.74, 6) is 0.663. The molecular formula is C28H39N3O6S. The molecule has 1 aliphatic heterocycles. The van der Waals surface area contributed by atoms with Gasteiger partial charge in [-0.25, -0.2) is 8.42 Å². The summed E-state index contributed by atoms with van der Waals surface area (Å²) < 4.78 is 37.1. The van der Waals surface area contributed by atoms with Gasteiger partial charge in [0.25, 0.3) is 0 Å². The van der Waals surface area contributed by atoms with E-state index in [0.29, 0.717) is 43.0 Å². The van der Waals surface area contributed by atoms with Gasteiger partial charge in [-0.05, 0) is 57.7 Å². The zero-order valence-electron chi connectivity index (χ0n) is 22.9. The summed E-state index contributed by atoms with van der Waals surface area (Å²) in [5, 5.41) is 3.00. The van der Waals surface area contributed by atoms with Gasteiger partial charge in [-0.1, -0.05) is 37.3 Å². The van der Waals surface area contributed by atoms with Crippen molar-refractivity contribution in [2.24, 2.45) is 0 Å². The molecule has 10 heteroatoms. The fraction of sp³-hybridized carbons (Fsp3) is 0.500. The third-order valence-corrected chi connectivity index (χ3v) is 7.36. The van der Waals surface area contributed by atoms with Crippen molar-refractivity contribution in [1.82, 2.24) is 10.2 Å². The number of amides is 2. The normalized spacial score (nSPS) is 13.6. The molecule has 2 aromatic rings. The summed E-state index contributed by atoms with van der Waals surface area (Å²) in [6, 6.07) is 14.2. The van der Waals surface area contributed by atoms with Gasteiger partial charge in [0.2, 0.25) is 28.6 Å². The van der Waals surface area contributed by atoms with Crippen molar-refractivity contribution in [2.75, 3.05) is 30.4 Å². The number of rotatable bonds is 12. The minimum Gasteiger partial charge on any atom is -0.454 e. The van der Waals surface area contributed by atoms with Crippen molar-refractivity contribution < 1.29 is 27.5 Å². The minimum absolute atomic E-state index is 0.0896. The van der Waals surface area contributed by atoms with Gasteiger partial charge in [0, 0.05) is 31.1 Å². The van der Waals surface area contributed by atoms with E-state index in [-0.39, 0.29) is 31.6 Å². The maximum absolute atomic E-state index is 13.5. The second-order valence-corrected chi connectivity index (χ2v) is 12.4. The quantitative estimate of drug-likeness (QED) is 0.436. The Balaban J connectivity index is 1.73. The van der Waals surface area contributed by atoms with Crippen LogP contribution in [-0.2, 0) is 26.0 Å². The standard InChI is InChI=1S/C28H39N3O6S/c1-6-23(27(33)29-28(2,3)4)30(18-16-21-11-8-7-9-12-21)26(32)13-10-17-31(38(5,34)35)22-14-15-24-25(19-22)37-20-36-24/h7-9,11-12,14-15,19,23H,6,10,13,16-18,20H2,1-5H3,(H,29,33). The highest BCUT2D eigenvalue weighted by molar-refractivity contribution is 7.92. The van der Waals surface area contributed by atoms with Gasteiger partial charge in [-0.2, -0.15) is 0 Å². The lowest BCUT2D eigenvalue weighted by atomic mass is 10.0. The van der Waals surface area contributed by atoms with Crippen molar-refractivity contribution in [3.8, 4) is 11.5 Å². The van der Waals surface area contributed by atoms with E-state index in [1.54, 1.807) is 23.1 Å². The van der Waals surface area contributed by atoms with E-state index >= 15 is 0 Å². The smallest absolute Gasteiger partial charge is 0.243 e. The van der Waals surface area contributed by atoms with Crippen LogP contribution < -0.4 is 19.1 Å². The molecule has 0 spiro atoms. The fourth-order valence-corrected chi connectivity index (χ4v) is 5.35. The Labute approximate surface area is 226 Å². The maximum atomic E-state index is 13.5. The number of hydrogen-bond acceptors (Lipinski definition) is 6. The van der Waals surface area contributed by atoms with Crippen molar-refractivity contribution in [3.05, 3.63) is 54.1 Å². The molecule has 0 fully saturated rings.